The molecule has 3 N–H and O–H groups in total. The number of hydrogen-bond acceptors (Lipinski definition) is 4. The van der Waals surface area contributed by atoms with E-state index in [2.05, 4.69) is 19.2 Å². The molecule has 1 rings (SSSR count). The van der Waals surface area contributed by atoms with E-state index in [1.807, 2.05) is 19.1 Å². The first-order valence-electron chi connectivity index (χ1n) is 7.31. The van der Waals surface area contributed by atoms with Crippen molar-refractivity contribution in [2.45, 2.75) is 45.8 Å². The quantitative estimate of drug-likeness (QED) is 0.690. The second-order valence-corrected chi connectivity index (χ2v) is 6.17. The Morgan fingerprint density at radius 2 is 1.86 bits per heavy atom. The molecule has 0 aliphatic carbocycles. The Balaban J connectivity index is 2.60. The van der Waals surface area contributed by atoms with Gasteiger partial charge >= 0.3 is 0 Å². The van der Waals surface area contributed by atoms with Crippen LogP contribution in [-0.2, 0) is 0 Å². The molecular weight excluding hydrogens is 290 g/mol. The van der Waals surface area contributed by atoms with Crippen LogP contribution < -0.4 is 10.1 Å². The minimum Gasteiger partial charge on any atom is -0.491 e. The summed E-state index contributed by atoms with van der Waals surface area (Å²) >= 11 is 6.15. The van der Waals surface area contributed by atoms with Crippen LogP contribution in [0.3, 0.4) is 0 Å². The van der Waals surface area contributed by atoms with E-state index in [9.17, 15) is 5.11 Å². The van der Waals surface area contributed by atoms with Gasteiger partial charge in [-0.05, 0) is 43.0 Å². The second-order valence-electron chi connectivity index (χ2n) is 5.77. The molecule has 1 aromatic rings. The molecule has 0 bridgehead atoms. The summed E-state index contributed by atoms with van der Waals surface area (Å²) in [5.74, 6) is 1.06. The highest BCUT2D eigenvalue weighted by Crippen LogP contribution is 2.32. The third-order valence-corrected chi connectivity index (χ3v) is 3.57. The van der Waals surface area contributed by atoms with E-state index in [1.54, 1.807) is 6.92 Å². The zero-order chi connectivity index (χ0) is 16.0. The van der Waals surface area contributed by atoms with Crippen molar-refractivity contribution in [1.29, 1.82) is 0 Å². The molecule has 5 heteroatoms. The average molecular weight is 316 g/mol. The summed E-state index contributed by atoms with van der Waals surface area (Å²) in [7, 11) is 0. The van der Waals surface area contributed by atoms with Gasteiger partial charge in [-0.3, -0.25) is 0 Å². The molecule has 120 valence electrons. The van der Waals surface area contributed by atoms with E-state index in [0.717, 1.165) is 21.9 Å². The van der Waals surface area contributed by atoms with Crippen LogP contribution in [0.5, 0.6) is 5.75 Å². The molecule has 0 aliphatic heterocycles. The number of benzene rings is 1. The van der Waals surface area contributed by atoms with Crippen molar-refractivity contribution in [1.82, 2.24) is 5.32 Å². The Morgan fingerprint density at radius 1 is 1.19 bits per heavy atom. The molecular formula is C16H26ClNO3. The molecule has 0 spiro atoms. The molecule has 0 saturated carbocycles. The van der Waals surface area contributed by atoms with Crippen LogP contribution in [0.4, 0.5) is 0 Å². The summed E-state index contributed by atoms with van der Waals surface area (Å²) in [4.78, 5) is 0. The first-order chi connectivity index (χ1) is 9.81. The fourth-order valence-electron chi connectivity index (χ4n) is 1.95. The van der Waals surface area contributed by atoms with Gasteiger partial charge in [0.25, 0.3) is 0 Å². The molecule has 1 aromatic carbocycles. The van der Waals surface area contributed by atoms with Crippen LogP contribution in [0.25, 0.3) is 0 Å². The topological polar surface area (TPSA) is 61.7 Å². The normalized spacial score (nSPS) is 14.3. The lowest BCUT2D eigenvalue weighted by Crippen LogP contribution is -2.35. The van der Waals surface area contributed by atoms with Crippen molar-refractivity contribution in [3.05, 3.63) is 28.3 Å². The molecule has 0 fully saturated rings. The minimum absolute atomic E-state index is 0.202. The van der Waals surface area contributed by atoms with Gasteiger partial charge < -0.3 is 20.3 Å². The number of nitrogens with one attached hydrogen (secondary N) is 1. The van der Waals surface area contributed by atoms with Gasteiger partial charge in [0.05, 0.1) is 6.10 Å². The van der Waals surface area contributed by atoms with Gasteiger partial charge in [-0.2, -0.15) is 0 Å². The molecule has 0 saturated heterocycles. The van der Waals surface area contributed by atoms with E-state index >= 15 is 0 Å². The number of halogens is 1. The number of rotatable bonds is 8. The van der Waals surface area contributed by atoms with Crippen LogP contribution in [0, 0.1) is 6.92 Å². The largest absolute Gasteiger partial charge is 0.491 e. The van der Waals surface area contributed by atoms with Gasteiger partial charge in [-0.1, -0.05) is 25.4 Å². The molecule has 0 amide bonds. The molecule has 0 aromatic heterocycles. The van der Waals surface area contributed by atoms with Crippen LogP contribution in [0.1, 0.15) is 37.8 Å². The molecule has 0 heterocycles. The predicted octanol–water partition coefficient (Wildman–Crippen LogP) is 2.48. The third-order valence-electron chi connectivity index (χ3n) is 3.16. The number of hydrogen-bond donors (Lipinski definition) is 3. The maximum absolute atomic E-state index is 9.88. The van der Waals surface area contributed by atoms with Crippen molar-refractivity contribution >= 4 is 11.6 Å². The first-order valence-corrected chi connectivity index (χ1v) is 7.68. The number of aliphatic hydroxyl groups excluding tert-OH is 2. The van der Waals surface area contributed by atoms with Gasteiger partial charge in [-0.25, -0.2) is 0 Å². The van der Waals surface area contributed by atoms with Crippen LogP contribution in [-0.4, -0.2) is 42.1 Å². The lowest BCUT2D eigenvalue weighted by Gasteiger charge is -2.18. The molecule has 0 unspecified atom stereocenters. The number of ether oxygens (including phenoxy) is 1. The summed E-state index contributed by atoms with van der Waals surface area (Å²) in [5.41, 5.74) is 1.99. The van der Waals surface area contributed by atoms with Gasteiger partial charge in [0.2, 0.25) is 0 Å². The Hall–Kier alpha value is -0.810. The molecule has 4 nitrogen and oxygen atoms in total. The fraction of sp³-hybridized carbons (Fsp3) is 0.625. The molecule has 0 aliphatic rings. The van der Waals surface area contributed by atoms with Gasteiger partial charge in [-0.15, -0.1) is 0 Å². The van der Waals surface area contributed by atoms with E-state index < -0.39 is 12.2 Å². The van der Waals surface area contributed by atoms with E-state index in [-0.39, 0.29) is 6.61 Å². The molecule has 21 heavy (non-hydrogen) atoms. The van der Waals surface area contributed by atoms with Crippen molar-refractivity contribution in [2.24, 2.45) is 0 Å². The van der Waals surface area contributed by atoms with E-state index in [1.165, 1.54) is 0 Å². The maximum atomic E-state index is 9.88. The molecule has 2 atom stereocenters. The highest BCUT2D eigenvalue weighted by molar-refractivity contribution is 6.31. The van der Waals surface area contributed by atoms with Crippen LogP contribution in [0.15, 0.2) is 12.1 Å². The smallest absolute Gasteiger partial charge is 0.123 e. The monoisotopic (exact) mass is 315 g/mol. The number of aliphatic hydroxyl groups is 2. The Morgan fingerprint density at radius 3 is 2.43 bits per heavy atom. The average Bonchev–Trinajstić information content (AvgIpc) is 2.39. The van der Waals surface area contributed by atoms with Crippen molar-refractivity contribution in [3.63, 3.8) is 0 Å². The lowest BCUT2D eigenvalue weighted by atomic mass is 10.0. The summed E-state index contributed by atoms with van der Waals surface area (Å²) in [6, 6.07) is 3.84. The van der Waals surface area contributed by atoms with Gasteiger partial charge in [0.1, 0.15) is 18.5 Å². The first kappa shape index (κ1) is 18.2. The van der Waals surface area contributed by atoms with Crippen molar-refractivity contribution in [3.8, 4) is 5.75 Å². The van der Waals surface area contributed by atoms with Crippen molar-refractivity contribution < 1.29 is 14.9 Å². The fourth-order valence-corrected chi connectivity index (χ4v) is 2.12. The summed E-state index contributed by atoms with van der Waals surface area (Å²) in [6.07, 6.45) is -1.05. The Kier molecular flexibility index (Phi) is 7.46. The van der Waals surface area contributed by atoms with Crippen LogP contribution >= 0.6 is 11.6 Å². The summed E-state index contributed by atoms with van der Waals surface area (Å²) in [6.45, 7) is 8.82. The van der Waals surface area contributed by atoms with Gasteiger partial charge in [0, 0.05) is 18.1 Å². The number of aryl methyl sites for hydroxylation is 1. The van der Waals surface area contributed by atoms with E-state index in [4.69, 9.17) is 21.4 Å². The minimum atomic E-state index is -0.625. The van der Waals surface area contributed by atoms with E-state index in [0.29, 0.717) is 19.0 Å². The third kappa shape index (κ3) is 6.22. The van der Waals surface area contributed by atoms with Crippen molar-refractivity contribution in [2.75, 3.05) is 19.7 Å². The van der Waals surface area contributed by atoms with Crippen LogP contribution in [0.2, 0.25) is 5.02 Å². The Labute approximate surface area is 132 Å². The molecule has 0 radical (unpaired) electrons. The predicted molar refractivity (Wildman–Crippen MR) is 86.3 cm³/mol. The zero-order valence-electron chi connectivity index (χ0n) is 13.2. The second kappa shape index (κ2) is 8.59. The summed E-state index contributed by atoms with van der Waals surface area (Å²) < 4.78 is 5.74. The highest BCUT2D eigenvalue weighted by atomic mass is 35.5. The SMILES string of the molecule is Cc1cc(OC[C@@H](O)CNC[C@@H](C)O)c(C(C)C)cc1Cl. The highest BCUT2D eigenvalue weighted by Gasteiger charge is 2.13. The zero-order valence-corrected chi connectivity index (χ0v) is 13.9. The van der Waals surface area contributed by atoms with Gasteiger partial charge in [0.15, 0.2) is 0 Å². The Bertz CT molecular complexity index is 449. The summed E-state index contributed by atoms with van der Waals surface area (Å²) in [5, 5.41) is 22.7. The maximum Gasteiger partial charge on any atom is 0.123 e. The standard InChI is InChI=1S/C16H26ClNO3/c1-10(2)14-6-15(17)11(3)5-16(14)21-9-13(20)8-18-7-12(4)19/h5-6,10,12-13,18-20H,7-9H2,1-4H3/t12-,13+/m1/s1. The lowest BCUT2D eigenvalue weighted by molar-refractivity contribution is 0.101.